The van der Waals surface area contributed by atoms with E-state index in [2.05, 4.69) is 10.2 Å². The van der Waals surface area contributed by atoms with Gasteiger partial charge < -0.3 is 4.90 Å². The Bertz CT molecular complexity index is 971. The van der Waals surface area contributed by atoms with Crippen LogP contribution in [0, 0.1) is 25.5 Å². The molecule has 152 valence electrons. The van der Waals surface area contributed by atoms with Crippen LogP contribution in [0.1, 0.15) is 23.4 Å². The summed E-state index contributed by atoms with van der Waals surface area (Å²) in [4.78, 5) is 14.2. The molecule has 1 N–H and O–H groups in total. The van der Waals surface area contributed by atoms with Gasteiger partial charge in [-0.1, -0.05) is 6.07 Å². The molecule has 10 heteroatoms. The molecule has 2 heterocycles. The number of hydrogen-bond donors (Lipinski definition) is 1. The number of nitrogens with zero attached hydrogens (tertiary/aromatic N) is 3. The fourth-order valence-electron chi connectivity index (χ4n) is 3.37. The Kier molecular flexibility index (Phi) is 5.80. The van der Waals surface area contributed by atoms with Gasteiger partial charge in [-0.3, -0.25) is 9.89 Å². The summed E-state index contributed by atoms with van der Waals surface area (Å²) in [5.74, 6) is -1.78. The van der Waals surface area contributed by atoms with Gasteiger partial charge in [-0.2, -0.15) is 9.40 Å². The highest BCUT2D eigenvalue weighted by molar-refractivity contribution is 7.89. The number of H-pyrrole nitrogens is 1. The van der Waals surface area contributed by atoms with Gasteiger partial charge in [-0.15, -0.1) is 0 Å². The summed E-state index contributed by atoms with van der Waals surface area (Å²) >= 11 is 0. The number of carbonyl (C=O) groups is 1. The minimum atomic E-state index is -3.72. The Labute approximate surface area is 162 Å². The van der Waals surface area contributed by atoms with Crippen LogP contribution in [0.3, 0.4) is 0 Å². The molecule has 0 aliphatic carbocycles. The van der Waals surface area contributed by atoms with Crippen LogP contribution in [0.4, 0.5) is 8.78 Å². The zero-order valence-corrected chi connectivity index (χ0v) is 16.5. The lowest BCUT2D eigenvalue weighted by Crippen LogP contribution is -2.38. The van der Waals surface area contributed by atoms with E-state index in [-0.39, 0.29) is 42.4 Å². The highest BCUT2D eigenvalue weighted by Crippen LogP contribution is 2.23. The molecule has 1 saturated heterocycles. The van der Waals surface area contributed by atoms with Gasteiger partial charge in [-0.25, -0.2) is 17.2 Å². The molecule has 7 nitrogen and oxygen atoms in total. The standard InChI is InChI=1S/C18H22F2N4O3S/c1-12-18(13(2)22-21-12)28(26,27)24-7-3-6-23(8-9-24)17(25)10-14-4-5-15(19)11-16(14)20/h4-5,11H,3,6-10H2,1-2H3,(H,21,22). The average Bonchev–Trinajstić information content (AvgIpc) is 2.84. The normalized spacial score (nSPS) is 16.2. The number of rotatable bonds is 4. The van der Waals surface area contributed by atoms with E-state index in [1.807, 2.05) is 0 Å². The van der Waals surface area contributed by atoms with Crippen LogP contribution in [0.5, 0.6) is 0 Å². The number of hydrogen-bond acceptors (Lipinski definition) is 4. The molecule has 1 amide bonds. The van der Waals surface area contributed by atoms with Gasteiger partial charge in [0.2, 0.25) is 15.9 Å². The molecular formula is C18H22F2N4O3S. The third-order valence-electron chi connectivity index (χ3n) is 4.82. The molecule has 3 rings (SSSR count). The summed E-state index contributed by atoms with van der Waals surface area (Å²) < 4.78 is 54.1. The van der Waals surface area contributed by atoms with E-state index in [0.29, 0.717) is 24.4 Å². The predicted molar refractivity (Wildman–Crippen MR) is 98.1 cm³/mol. The van der Waals surface area contributed by atoms with Gasteiger partial charge >= 0.3 is 0 Å². The lowest BCUT2D eigenvalue weighted by atomic mass is 10.1. The molecule has 28 heavy (non-hydrogen) atoms. The van der Waals surface area contributed by atoms with Crippen molar-refractivity contribution >= 4 is 15.9 Å². The van der Waals surface area contributed by atoms with Crippen molar-refractivity contribution in [1.29, 1.82) is 0 Å². The van der Waals surface area contributed by atoms with Gasteiger partial charge in [-0.05, 0) is 31.9 Å². The molecular weight excluding hydrogens is 390 g/mol. The Morgan fingerprint density at radius 3 is 2.57 bits per heavy atom. The number of benzene rings is 1. The maximum Gasteiger partial charge on any atom is 0.246 e. The van der Waals surface area contributed by atoms with Crippen LogP contribution < -0.4 is 0 Å². The van der Waals surface area contributed by atoms with E-state index in [0.717, 1.165) is 12.1 Å². The number of aryl methyl sites for hydroxylation is 2. The topological polar surface area (TPSA) is 86.4 Å². The monoisotopic (exact) mass is 412 g/mol. The second kappa shape index (κ2) is 7.96. The van der Waals surface area contributed by atoms with Gasteiger partial charge in [0.05, 0.1) is 17.8 Å². The van der Waals surface area contributed by atoms with Crippen LogP contribution >= 0.6 is 0 Å². The lowest BCUT2D eigenvalue weighted by Gasteiger charge is -2.22. The summed E-state index contributed by atoms with van der Waals surface area (Å²) in [6.45, 7) is 4.28. The number of aromatic nitrogens is 2. The van der Waals surface area contributed by atoms with Crippen molar-refractivity contribution in [3.63, 3.8) is 0 Å². The SMILES string of the molecule is Cc1n[nH]c(C)c1S(=O)(=O)N1CCCN(C(=O)Cc2ccc(F)cc2F)CC1. The maximum absolute atomic E-state index is 13.8. The quantitative estimate of drug-likeness (QED) is 0.829. The largest absolute Gasteiger partial charge is 0.341 e. The molecule has 1 aliphatic heterocycles. The third kappa shape index (κ3) is 4.07. The number of amides is 1. The van der Waals surface area contributed by atoms with Crippen LogP contribution in [-0.2, 0) is 21.2 Å². The molecule has 1 aromatic carbocycles. The molecule has 0 atom stereocenters. The first-order valence-electron chi connectivity index (χ1n) is 8.93. The van der Waals surface area contributed by atoms with Crippen molar-refractivity contribution in [3.8, 4) is 0 Å². The minimum absolute atomic E-state index is 0.116. The van der Waals surface area contributed by atoms with E-state index in [4.69, 9.17) is 0 Å². The van der Waals surface area contributed by atoms with Crippen LogP contribution in [0.2, 0.25) is 0 Å². The number of sulfonamides is 1. The van der Waals surface area contributed by atoms with Crippen LogP contribution in [-0.4, -0.2) is 59.9 Å². The minimum Gasteiger partial charge on any atom is -0.341 e. The Hall–Kier alpha value is -2.33. The van der Waals surface area contributed by atoms with Crippen molar-refractivity contribution in [2.45, 2.75) is 31.6 Å². The van der Waals surface area contributed by atoms with Crippen molar-refractivity contribution < 1.29 is 22.0 Å². The first-order chi connectivity index (χ1) is 13.2. The van der Waals surface area contributed by atoms with Gasteiger partial charge in [0, 0.05) is 32.2 Å². The zero-order valence-electron chi connectivity index (χ0n) is 15.7. The first kappa shape index (κ1) is 20.4. The number of nitrogens with one attached hydrogen (secondary N) is 1. The summed E-state index contributed by atoms with van der Waals surface area (Å²) in [5, 5.41) is 6.63. The van der Waals surface area contributed by atoms with E-state index in [1.165, 1.54) is 15.3 Å². The summed E-state index contributed by atoms with van der Waals surface area (Å²) in [6.07, 6.45) is 0.269. The van der Waals surface area contributed by atoms with Crippen molar-refractivity contribution in [2.75, 3.05) is 26.2 Å². The van der Waals surface area contributed by atoms with E-state index < -0.39 is 21.7 Å². The van der Waals surface area contributed by atoms with Gasteiger partial charge in [0.25, 0.3) is 0 Å². The Morgan fingerprint density at radius 2 is 1.93 bits per heavy atom. The average molecular weight is 412 g/mol. The molecule has 0 spiro atoms. The maximum atomic E-state index is 13.8. The van der Waals surface area contributed by atoms with Crippen molar-refractivity contribution in [3.05, 3.63) is 46.8 Å². The zero-order chi connectivity index (χ0) is 20.5. The number of halogens is 2. The second-order valence-corrected chi connectivity index (χ2v) is 8.69. The molecule has 1 aromatic heterocycles. The van der Waals surface area contributed by atoms with Gasteiger partial charge in [0.15, 0.2) is 0 Å². The van der Waals surface area contributed by atoms with Crippen LogP contribution in [0.15, 0.2) is 23.1 Å². The van der Waals surface area contributed by atoms with E-state index in [1.54, 1.807) is 13.8 Å². The molecule has 0 bridgehead atoms. The Morgan fingerprint density at radius 1 is 1.18 bits per heavy atom. The fourth-order valence-corrected chi connectivity index (χ4v) is 5.17. The number of carbonyl (C=O) groups excluding carboxylic acids is 1. The summed E-state index contributed by atoms with van der Waals surface area (Å²) in [6, 6.07) is 3.11. The molecule has 2 aromatic rings. The van der Waals surface area contributed by atoms with Crippen LogP contribution in [0.25, 0.3) is 0 Å². The second-order valence-electron chi connectivity index (χ2n) is 6.81. The smallest absolute Gasteiger partial charge is 0.246 e. The Balaban J connectivity index is 1.70. The predicted octanol–water partition coefficient (Wildman–Crippen LogP) is 1.77. The molecule has 0 radical (unpaired) electrons. The summed E-state index contributed by atoms with van der Waals surface area (Å²) in [7, 11) is -3.72. The van der Waals surface area contributed by atoms with Crippen molar-refractivity contribution in [1.82, 2.24) is 19.4 Å². The fraction of sp³-hybridized carbons (Fsp3) is 0.444. The lowest BCUT2D eigenvalue weighted by molar-refractivity contribution is -0.130. The van der Waals surface area contributed by atoms with Gasteiger partial charge in [0.1, 0.15) is 16.5 Å². The molecule has 0 unspecified atom stereocenters. The summed E-state index contributed by atoms with van der Waals surface area (Å²) in [5.41, 5.74) is 0.993. The van der Waals surface area contributed by atoms with E-state index in [9.17, 15) is 22.0 Å². The number of aromatic amines is 1. The third-order valence-corrected chi connectivity index (χ3v) is 6.99. The highest BCUT2D eigenvalue weighted by atomic mass is 32.2. The highest BCUT2D eigenvalue weighted by Gasteiger charge is 2.31. The molecule has 1 fully saturated rings. The van der Waals surface area contributed by atoms with Crippen molar-refractivity contribution in [2.24, 2.45) is 0 Å². The molecule has 1 aliphatic rings. The molecule has 0 saturated carbocycles. The van der Waals surface area contributed by atoms with E-state index >= 15 is 0 Å². The first-order valence-corrected chi connectivity index (χ1v) is 10.4.